The molecule has 1 N–H and O–H groups in total. The van der Waals surface area contributed by atoms with E-state index in [0.29, 0.717) is 30.6 Å². The number of hydrogen-bond acceptors (Lipinski definition) is 4. The summed E-state index contributed by atoms with van der Waals surface area (Å²) >= 11 is 0. The van der Waals surface area contributed by atoms with Crippen LogP contribution in [0.3, 0.4) is 0 Å². The van der Waals surface area contributed by atoms with Crippen molar-refractivity contribution in [1.29, 1.82) is 0 Å². The fourth-order valence-electron chi connectivity index (χ4n) is 7.32. The van der Waals surface area contributed by atoms with Gasteiger partial charge in [-0.1, -0.05) is 119 Å². The molecule has 0 aliphatic rings. The molecule has 0 saturated heterocycles. The Bertz CT molecular complexity index is 2670. The Balaban J connectivity index is 0.000000269. The summed E-state index contributed by atoms with van der Waals surface area (Å²) in [7, 11) is 0. The van der Waals surface area contributed by atoms with E-state index in [4.69, 9.17) is 5.48 Å². The van der Waals surface area contributed by atoms with Gasteiger partial charge in [0, 0.05) is 50.4 Å². The molecule has 1 unspecified atom stereocenters. The molecule has 4 aromatic carbocycles. The first-order valence-electron chi connectivity index (χ1n) is 23.8. The van der Waals surface area contributed by atoms with E-state index in [-0.39, 0.29) is 62.7 Å². The molecule has 6 rings (SSSR count). The molecule has 6 aromatic rings. The number of aryl methyl sites for hydroxylation is 3. The van der Waals surface area contributed by atoms with Crippen LogP contribution in [0.5, 0.6) is 0 Å². The predicted molar refractivity (Wildman–Crippen MR) is 253 cm³/mol. The molecule has 0 aliphatic carbocycles. The van der Waals surface area contributed by atoms with Crippen molar-refractivity contribution in [1.82, 2.24) is 9.97 Å². The van der Waals surface area contributed by atoms with Crippen molar-refractivity contribution < 1.29 is 48.7 Å². The van der Waals surface area contributed by atoms with Crippen LogP contribution in [0.25, 0.3) is 44.1 Å². The molecule has 0 spiro atoms. The number of alkyl halides is 3. The summed E-state index contributed by atoms with van der Waals surface area (Å²) in [6, 6.07) is 27.8. The first-order valence-corrected chi connectivity index (χ1v) is 21.8. The number of rotatable bonds is 12. The third-order valence-electron chi connectivity index (χ3n) is 11.1. The minimum absolute atomic E-state index is 0. The average Bonchev–Trinajstić information content (AvgIpc) is 3.24. The second-order valence-electron chi connectivity index (χ2n) is 17.1. The van der Waals surface area contributed by atoms with E-state index in [1.54, 1.807) is 6.92 Å². The van der Waals surface area contributed by atoms with Crippen LogP contribution in [0.1, 0.15) is 145 Å². The number of aliphatic hydroxyl groups excluding tert-OH is 1. The summed E-state index contributed by atoms with van der Waals surface area (Å²) < 4.78 is 69.5. The van der Waals surface area contributed by atoms with Crippen LogP contribution in [-0.4, -0.2) is 27.0 Å². The summed E-state index contributed by atoms with van der Waals surface area (Å²) in [5.41, 5.74) is 10.1. The monoisotopic (exact) mass is 1040 g/mol. The third-order valence-corrected chi connectivity index (χ3v) is 11.1. The largest absolute Gasteiger partial charge is 0.512 e. The van der Waals surface area contributed by atoms with Gasteiger partial charge < -0.3 is 15.1 Å². The van der Waals surface area contributed by atoms with E-state index < -0.39 is 24.3 Å². The fraction of sp³-hybridized carbons (Fsp3) is 0.400. The smallest absolute Gasteiger partial charge is 0.389 e. The van der Waals surface area contributed by atoms with E-state index in [1.807, 2.05) is 65.0 Å². The number of halogens is 3. The van der Waals surface area contributed by atoms with Crippen molar-refractivity contribution in [3.05, 3.63) is 142 Å². The van der Waals surface area contributed by atoms with Gasteiger partial charge in [0.25, 0.3) is 0 Å². The summed E-state index contributed by atoms with van der Waals surface area (Å²) in [5, 5.41) is 13.0. The third kappa shape index (κ3) is 15.0. The molecular formula is C55H65F3IrN2O2-2. The Morgan fingerprint density at radius 3 is 1.54 bits per heavy atom. The molecular weight excluding hydrogens is 970 g/mol. The van der Waals surface area contributed by atoms with Crippen LogP contribution < -0.4 is 0 Å². The number of ketones is 1. The van der Waals surface area contributed by atoms with Crippen LogP contribution in [0.4, 0.5) is 13.2 Å². The van der Waals surface area contributed by atoms with Crippen LogP contribution >= 0.6 is 0 Å². The van der Waals surface area contributed by atoms with Crippen molar-refractivity contribution in [2.24, 2.45) is 11.8 Å². The Morgan fingerprint density at radius 1 is 0.683 bits per heavy atom. The maximum atomic E-state index is 12.3. The topological polar surface area (TPSA) is 63.1 Å². The van der Waals surface area contributed by atoms with Gasteiger partial charge >= 0.3 is 6.18 Å². The molecule has 2 aromatic heterocycles. The van der Waals surface area contributed by atoms with Gasteiger partial charge in [0.1, 0.15) is 0 Å². The number of allylic oxidation sites excluding steroid dienone is 2. The van der Waals surface area contributed by atoms with Crippen molar-refractivity contribution >= 4 is 27.3 Å². The molecule has 0 fully saturated rings. The molecule has 8 heteroatoms. The SMILES string of the molecule is CCC(CC)C(=O)/C=C(\O)C(CC)CC(F)(F)F.[2H]c1nc(-c2[c-]c(C)cc(C(C)C)c2)c2ccc(C(C)C)cc2c1[2H].[2H]c1nc(-c2[c-]c(C)cc(C)c2)c2ccc(C(C)C)cc2c1[2H].[Ir]. The minimum atomic E-state index is -4.33. The second kappa shape index (κ2) is 23.9. The molecule has 0 saturated carbocycles. The maximum Gasteiger partial charge on any atom is 0.389 e. The molecule has 2 heterocycles. The molecule has 0 aliphatic heterocycles. The van der Waals surface area contributed by atoms with Gasteiger partial charge in [-0.15, -0.1) is 69.8 Å². The number of nitrogens with zero attached hydrogens (tertiary/aromatic N) is 2. The van der Waals surface area contributed by atoms with Crippen molar-refractivity contribution in [2.45, 2.75) is 133 Å². The second-order valence-corrected chi connectivity index (χ2v) is 17.1. The average molecular weight is 1040 g/mol. The first kappa shape index (κ1) is 46.3. The van der Waals surface area contributed by atoms with Gasteiger partial charge in [0.15, 0.2) is 5.78 Å². The Hall–Kier alpha value is -4.65. The number of carbonyl (C=O) groups is 1. The van der Waals surface area contributed by atoms with Gasteiger partial charge in [-0.25, -0.2) is 0 Å². The van der Waals surface area contributed by atoms with Crippen molar-refractivity contribution in [3.8, 4) is 22.5 Å². The Labute approximate surface area is 393 Å². The molecule has 63 heavy (non-hydrogen) atoms. The van der Waals surface area contributed by atoms with E-state index in [9.17, 15) is 23.1 Å². The van der Waals surface area contributed by atoms with Crippen molar-refractivity contribution in [3.63, 3.8) is 0 Å². The van der Waals surface area contributed by atoms with E-state index in [2.05, 4.69) is 94.0 Å². The molecule has 0 amide bonds. The van der Waals surface area contributed by atoms with E-state index >= 15 is 0 Å². The van der Waals surface area contributed by atoms with Gasteiger partial charge in [0.2, 0.25) is 0 Å². The van der Waals surface area contributed by atoms with Crippen LogP contribution in [0, 0.1) is 44.7 Å². The van der Waals surface area contributed by atoms with E-state index in [0.717, 1.165) is 66.8 Å². The summed E-state index contributed by atoms with van der Waals surface area (Å²) in [5.74, 6) is -0.814. The number of aromatic nitrogens is 2. The Morgan fingerprint density at radius 2 is 1.13 bits per heavy atom. The zero-order chi connectivity index (χ0) is 49.4. The normalized spacial score (nSPS) is 13.2. The van der Waals surface area contributed by atoms with Crippen LogP contribution in [0.15, 0.2) is 96.9 Å². The molecule has 1 atom stereocenters. The summed E-state index contributed by atoms with van der Waals surface area (Å²) in [6.45, 7) is 24.2. The number of benzene rings is 4. The molecule has 1 radical (unpaired) electrons. The Kier molecular flexibility index (Phi) is 17.6. The number of carbonyl (C=O) groups excluding carboxylic acids is 1. The van der Waals surface area contributed by atoms with Crippen LogP contribution in [-0.2, 0) is 24.9 Å². The number of aliphatic hydroxyl groups is 1. The van der Waals surface area contributed by atoms with Gasteiger partial charge in [-0.3, -0.25) is 4.79 Å². The zero-order valence-corrected chi connectivity index (χ0v) is 41.2. The van der Waals surface area contributed by atoms with Gasteiger partial charge in [-0.2, -0.15) is 13.2 Å². The van der Waals surface area contributed by atoms with Gasteiger partial charge in [0.05, 0.1) is 17.7 Å². The number of hydrogen-bond donors (Lipinski definition) is 1. The number of fused-ring (bicyclic) bond motifs is 2. The summed E-state index contributed by atoms with van der Waals surface area (Å²) in [6.07, 6.45) is -3.03. The maximum absolute atomic E-state index is 12.3. The van der Waals surface area contributed by atoms with Crippen LogP contribution in [0.2, 0.25) is 0 Å². The summed E-state index contributed by atoms with van der Waals surface area (Å²) in [4.78, 5) is 20.5. The minimum Gasteiger partial charge on any atom is -0.512 e. The quantitative estimate of drug-likeness (QED) is 0.0754. The molecule has 339 valence electrons. The fourth-order valence-corrected chi connectivity index (χ4v) is 7.32. The predicted octanol–water partition coefficient (Wildman–Crippen LogP) is 16.1. The van der Waals surface area contributed by atoms with Gasteiger partial charge in [-0.05, 0) is 93.2 Å². The number of pyridine rings is 2. The zero-order valence-electron chi connectivity index (χ0n) is 42.8. The molecule has 4 nitrogen and oxygen atoms in total. The standard InChI is InChI=1S/C22H24N.C20H20N.C13H21F3O2.Ir/c1-14(2)17-6-7-21-18(12-17)8-9-23-22(21)20-11-16(5)10-19(13-20)15(3)4;1-13(2)16-5-6-19-17(12-16)7-8-21-20(19)18-10-14(3)9-15(4)11-18;1-4-9(5-2)11(17)7-12(18)10(6-3)8-13(14,15)16;/h6-10,12-15H,1-5H3;5-10,12-13H,1-4H3;7,9-10,18H,4-6,8H2,1-3H3;/q2*-1;;/b;;12-7-;/i8D,9D;7D,8D;;. The molecule has 0 bridgehead atoms. The van der Waals surface area contributed by atoms with Crippen molar-refractivity contribution in [2.75, 3.05) is 0 Å². The van der Waals surface area contributed by atoms with E-state index in [1.165, 1.54) is 16.7 Å². The first-order chi connectivity index (χ1) is 30.9.